The van der Waals surface area contributed by atoms with Crippen molar-refractivity contribution in [1.82, 2.24) is 14.3 Å². The van der Waals surface area contributed by atoms with E-state index in [1.807, 2.05) is 28.8 Å². The normalized spacial score (nSPS) is 19.9. The lowest BCUT2D eigenvalue weighted by Gasteiger charge is -2.15. The Morgan fingerprint density at radius 1 is 1.40 bits per heavy atom. The summed E-state index contributed by atoms with van der Waals surface area (Å²) < 4.78 is 36.5. The van der Waals surface area contributed by atoms with E-state index in [0.717, 1.165) is 11.3 Å². The van der Waals surface area contributed by atoms with E-state index < -0.39 is 15.5 Å². The molecule has 0 bridgehead atoms. The first-order valence-corrected chi connectivity index (χ1v) is 7.52. The van der Waals surface area contributed by atoms with Gasteiger partial charge in [0.15, 0.2) is 0 Å². The standard InChI is InChI=1S/C12H12FN3O3S/c13-20(18,19)10-5-12(17)15(8-10)7-9-6-14-11-3-1-2-4-16(9)11/h1-4,6,10H,5,7-8H2. The fourth-order valence-electron chi connectivity index (χ4n) is 2.37. The van der Waals surface area contributed by atoms with E-state index in [0.29, 0.717) is 0 Å². The van der Waals surface area contributed by atoms with Gasteiger partial charge in [-0.25, -0.2) is 4.98 Å². The van der Waals surface area contributed by atoms with Crippen LogP contribution in [-0.2, 0) is 21.6 Å². The van der Waals surface area contributed by atoms with Gasteiger partial charge in [-0.1, -0.05) is 6.07 Å². The fourth-order valence-corrected chi connectivity index (χ4v) is 3.07. The monoisotopic (exact) mass is 297 g/mol. The van der Waals surface area contributed by atoms with E-state index in [4.69, 9.17) is 0 Å². The molecular formula is C12H12FN3O3S. The van der Waals surface area contributed by atoms with Gasteiger partial charge in [-0.3, -0.25) is 4.79 Å². The molecule has 1 amide bonds. The second-order valence-electron chi connectivity index (χ2n) is 4.75. The number of carbonyl (C=O) groups excluding carboxylic acids is 1. The zero-order valence-corrected chi connectivity index (χ0v) is 11.3. The van der Waals surface area contributed by atoms with Gasteiger partial charge in [0, 0.05) is 19.2 Å². The Labute approximate surface area is 115 Å². The smallest absolute Gasteiger partial charge is 0.307 e. The van der Waals surface area contributed by atoms with Crippen molar-refractivity contribution in [2.24, 2.45) is 0 Å². The number of hydrogen-bond acceptors (Lipinski definition) is 4. The lowest BCUT2D eigenvalue weighted by atomic mass is 10.4. The van der Waals surface area contributed by atoms with Crippen LogP contribution in [0.5, 0.6) is 0 Å². The van der Waals surface area contributed by atoms with Crippen molar-refractivity contribution < 1.29 is 17.1 Å². The third-order valence-electron chi connectivity index (χ3n) is 3.42. The first-order chi connectivity index (χ1) is 9.45. The summed E-state index contributed by atoms with van der Waals surface area (Å²) in [6.07, 6.45) is 3.14. The summed E-state index contributed by atoms with van der Waals surface area (Å²) >= 11 is 0. The number of imidazole rings is 1. The lowest BCUT2D eigenvalue weighted by Crippen LogP contribution is -2.27. The summed E-state index contributed by atoms with van der Waals surface area (Å²) in [6, 6.07) is 5.50. The van der Waals surface area contributed by atoms with Crippen LogP contribution >= 0.6 is 0 Å². The Bertz CT molecular complexity index is 771. The number of fused-ring (bicyclic) bond motifs is 1. The summed E-state index contributed by atoms with van der Waals surface area (Å²) in [6.45, 7) is 0.105. The Morgan fingerprint density at radius 2 is 2.20 bits per heavy atom. The van der Waals surface area contributed by atoms with Crippen molar-refractivity contribution in [3.63, 3.8) is 0 Å². The van der Waals surface area contributed by atoms with E-state index in [9.17, 15) is 17.1 Å². The molecule has 1 fully saturated rings. The minimum atomic E-state index is -4.67. The average molecular weight is 297 g/mol. The number of amides is 1. The maximum absolute atomic E-state index is 12.9. The fraction of sp³-hybridized carbons (Fsp3) is 0.333. The Balaban J connectivity index is 1.83. The highest BCUT2D eigenvalue weighted by atomic mass is 32.3. The van der Waals surface area contributed by atoms with E-state index in [-0.39, 0.29) is 25.4 Å². The van der Waals surface area contributed by atoms with Crippen LogP contribution in [0.1, 0.15) is 12.1 Å². The molecule has 106 valence electrons. The summed E-state index contributed by atoms with van der Waals surface area (Å²) in [5.74, 6) is -0.359. The molecule has 0 aromatic carbocycles. The number of halogens is 1. The molecule has 0 aliphatic carbocycles. The van der Waals surface area contributed by atoms with E-state index in [1.165, 1.54) is 4.90 Å². The molecule has 2 aromatic rings. The van der Waals surface area contributed by atoms with Gasteiger partial charge in [0.25, 0.3) is 0 Å². The topological polar surface area (TPSA) is 71.8 Å². The molecular weight excluding hydrogens is 285 g/mol. The largest absolute Gasteiger partial charge is 0.335 e. The molecule has 3 rings (SSSR count). The molecule has 8 heteroatoms. The zero-order valence-electron chi connectivity index (χ0n) is 10.4. The van der Waals surface area contributed by atoms with Crippen molar-refractivity contribution in [3.8, 4) is 0 Å². The minimum absolute atomic E-state index is 0.113. The zero-order chi connectivity index (χ0) is 14.3. The third-order valence-corrected chi connectivity index (χ3v) is 4.54. The van der Waals surface area contributed by atoms with Gasteiger partial charge in [0.2, 0.25) is 5.91 Å². The van der Waals surface area contributed by atoms with Crippen molar-refractivity contribution >= 4 is 21.8 Å². The predicted molar refractivity (Wildman–Crippen MR) is 69.0 cm³/mol. The number of carbonyl (C=O) groups is 1. The van der Waals surface area contributed by atoms with Crippen LogP contribution in [0.25, 0.3) is 5.65 Å². The molecule has 2 aromatic heterocycles. The van der Waals surface area contributed by atoms with Crippen molar-refractivity contribution in [1.29, 1.82) is 0 Å². The number of likely N-dealkylation sites (tertiary alicyclic amines) is 1. The Morgan fingerprint density at radius 3 is 2.90 bits per heavy atom. The average Bonchev–Trinajstić information content (AvgIpc) is 2.95. The SMILES string of the molecule is O=C1CC(S(=O)(=O)F)CN1Cc1cnc2ccccn12. The molecule has 0 N–H and O–H groups in total. The lowest BCUT2D eigenvalue weighted by molar-refractivity contribution is -0.128. The van der Waals surface area contributed by atoms with Crippen molar-refractivity contribution in [2.45, 2.75) is 18.2 Å². The summed E-state index contributed by atoms with van der Waals surface area (Å²) in [5.41, 5.74) is 1.50. The molecule has 1 saturated heterocycles. The van der Waals surface area contributed by atoms with Gasteiger partial charge in [0.1, 0.15) is 10.9 Å². The van der Waals surface area contributed by atoms with Crippen molar-refractivity contribution in [2.75, 3.05) is 6.54 Å². The van der Waals surface area contributed by atoms with Gasteiger partial charge in [-0.2, -0.15) is 8.42 Å². The van der Waals surface area contributed by atoms with Gasteiger partial charge in [0.05, 0.1) is 18.4 Å². The Hall–Kier alpha value is -1.96. The molecule has 0 spiro atoms. The number of aromatic nitrogens is 2. The molecule has 1 unspecified atom stereocenters. The molecule has 1 aliphatic rings. The maximum Gasteiger partial charge on any atom is 0.307 e. The second-order valence-corrected chi connectivity index (χ2v) is 6.37. The van der Waals surface area contributed by atoms with E-state index >= 15 is 0 Å². The highest BCUT2D eigenvalue weighted by Crippen LogP contribution is 2.21. The number of rotatable bonds is 3. The molecule has 0 radical (unpaired) electrons. The molecule has 1 atom stereocenters. The second kappa shape index (κ2) is 4.55. The predicted octanol–water partition coefficient (Wildman–Crippen LogP) is 0.734. The van der Waals surface area contributed by atoms with Crippen molar-refractivity contribution in [3.05, 3.63) is 36.3 Å². The van der Waals surface area contributed by atoms with E-state index in [2.05, 4.69) is 4.98 Å². The van der Waals surface area contributed by atoms with Crippen LogP contribution < -0.4 is 0 Å². The van der Waals surface area contributed by atoms with E-state index in [1.54, 1.807) is 6.20 Å². The molecule has 3 heterocycles. The van der Waals surface area contributed by atoms with Crippen LogP contribution in [0.15, 0.2) is 30.6 Å². The summed E-state index contributed by atoms with van der Waals surface area (Å²) in [5, 5.41) is -1.26. The molecule has 1 aliphatic heterocycles. The molecule has 20 heavy (non-hydrogen) atoms. The minimum Gasteiger partial charge on any atom is -0.335 e. The first-order valence-electron chi connectivity index (χ1n) is 6.07. The molecule has 6 nitrogen and oxygen atoms in total. The quantitative estimate of drug-likeness (QED) is 0.783. The molecule has 0 saturated carbocycles. The van der Waals surface area contributed by atoms with Crippen LogP contribution in [0.3, 0.4) is 0 Å². The van der Waals surface area contributed by atoms with Gasteiger partial charge >= 0.3 is 10.2 Å². The maximum atomic E-state index is 12.9. The summed E-state index contributed by atoms with van der Waals surface area (Å²) in [7, 11) is -4.67. The van der Waals surface area contributed by atoms with Gasteiger partial charge in [-0.05, 0) is 12.1 Å². The Kier molecular flexibility index (Phi) is 2.97. The third kappa shape index (κ3) is 2.26. The van der Waals surface area contributed by atoms with Crippen LogP contribution in [0.2, 0.25) is 0 Å². The first kappa shape index (κ1) is 13.0. The number of pyridine rings is 1. The van der Waals surface area contributed by atoms with Gasteiger partial charge < -0.3 is 9.30 Å². The summed E-state index contributed by atoms with van der Waals surface area (Å²) in [4.78, 5) is 17.3. The van der Waals surface area contributed by atoms with Gasteiger partial charge in [-0.15, -0.1) is 3.89 Å². The van der Waals surface area contributed by atoms with Crippen LogP contribution in [-0.4, -0.2) is 40.4 Å². The van der Waals surface area contributed by atoms with Crippen LogP contribution in [0, 0.1) is 0 Å². The number of nitrogens with zero attached hydrogens (tertiary/aromatic N) is 3. The highest BCUT2D eigenvalue weighted by Gasteiger charge is 2.38. The number of hydrogen-bond donors (Lipinski definition) is 0. The van der Waals surface area contributed by atoms with Crippen LogP contribution in [0.4, 0.5) is 3.89 Å². The highest BCUT2D eigenvalue weighted by molar-refractivity contribution is 7.87.